The zero-order valence-electron chi connectivity index (χ0n) is 13.8. The Morgan fingerprint density at radius 3 is 2.67 bits per heavy atom. The Hall–Kier alpha value is -1.63. The van der Waals surface area contributed by atoms with E-state index in [1.807, 2.05) is 18.5 Å². The van der Waals surface area contributed by atoms with Gasteiger partial charge in [-0.15, -0.1) is 10.2 Å². The lowest BCUT2D eigenvalue weighted by atomic mass is 10.2. The Morgan fingerprint density at radius 2 is 2.10 bits per heavy atom. The van der Waals surface area contributed by atoms with Gasteiger partial charge in [-0.3, -0.25) is 4.99 Å². The summed E-state index contributed by atoms with van der Waals surface area (Å²) in [5.74, 6) is 3.13. The molecule has 0 saturated heterocycles. The molecule has 0 amide bonds. The third-order valence-corrected chi connectivity index (χ3v) is 3.03. The van der Waals surface area contributed by atoms with Gasteiger partial charge >= 0.3 is 0 Å². The molecule has 1 aromatic rings. The quantitative estimate of drug-likeness (QED) is 0.422. The van der Waals surface area contributed by atoms with E-state index in [1.165, 1.54) is 0 Å². The Morgan fingerprint density at radius 1 is 1.33 bits per heavy atom. The van der Waals surface area contributed by atoms with E-state index in [-0.39, 0.29) is 0 Å². The molecule has 0 aromatic carbocycles. The maximum absolute atomic E-state index is 5.54. The average molecular weight is 296 g/mol. The first-order valence-corrected chi connectivity index (χ1v) is 7.41. The van der Waals surface area contributed by atoms with Crippen molar-refractivity contribution in [2.45, 2.75) is 33.7 Å². The molecule has 1 aromatic heterocycles. The van der Waals surface area contributed by atoms with Crippen molar-refractivity contribution in [2.75, 3.05) is 26.8 Å². The highest BCUT2D eigenvalue weighted by atomic mass is 16.5. The van der Waals surface area contributed by atoms with Crippen LogP contribution in [0.15, 0.2) is 4.99 Å². The van der Waals surface area contributed by atoms with E-state index in [1.54, 1.807) is 7.05 Å². The molecule has 0 fully saturated rings. The molecule has 0 aliphatic heterocycles. The predicted octanol–water partition coefficient (Wildman–Crippen LogP) is 0.851. The molecule has 2 N–H and O–H groups in total. The number of ether oxygens (including phenoxy) is 1. The Labute approximate surface area is 127 Å². The van der Waals surface area contributed by atoms with Gasteiger partial charge in [0.05, 0.1) is 6.54 Å². The topological polar surface area (TPSA) is 76.4 Å². The number of aryl methyl sites for hydroxylation is 1. The third kappa shape index (κ3) is 6.57. The summed E-state index contributed by atoms with van der Waals surface area (Å²) >= 11 is 0. The molecular formula is C14H28N6O. The second kappa shape index (κ2) is 9.33. The summed E-state index contributed by atoms with van der Waals surface area (Å²) in [4.78, 5) is 4.18. The molecular weight excluding hydrogens is 268 g/mol. The zero-order valence-corrected chi connectivity index (χ0v) is 13.8. The number of aromatic nitrogens is 3. The van der Waals surface area contributed by atoms with Crippen molar-refractivity contribution in [1.82, 2.24) is 25.4 Å². The van der Waals surface area contributed by atoms with Crippen molar-refractivity contribution in [1.29, 1.82) is 0 Å². The van der Waals surface area contributed by atoms with Crippen LogP contribution in [-0.2, 0) is 18.3 Å². The van der Waals surface area contributed by atoms with Crippen LogP contribution in [0.4, 0.5) is 0 Å². The van der Waals surface area contributed by atoms with Crippen LogP contribution < -0.4 is 10.6 Å². The number of guanidine groups is 1. The Balaban J connectivity index is 2.19. The lowest BCUT2D eigenvalue weighted by Crippen LogP contribution is -2.38. The van der Waals surface area contributed by atoms with Gasteiger partial charge in [0.15, 0.2) is 11.8 Å². The molecule has 120 valence electrons. The van der Waals surface area contributed by atoms with Gasteiger partial charge in [-0.05, 0) is 19.3 Å². The molecule has 0 aliphatic rings. The van der Waals surface area contributed by atoms with Gasteiger partial charge in [0.2, 0.25) is 0 Å². The van der Waals surface area contributed by atoms with Crippen LogP contribution in [0.25, 0.3) is 0 Å². The standard InChI is InChI=1S/C14H28N6O/c1-11(2)10-21-8-6-7-16-14(15-4)17-9-13-19-18-12(3)20(13)5/h11H,6-10H2,1-5H3,(H2,15,16,17). The summed E-state index contributed by atoms with van der Waals surface area (Å²) in [7, 11) is 3.71. The lowest BCUT2D eigenvalue weighted by molar-refractivity contribution is 0.108. The molecule has 0 bridgehead atoms. The second-order valence-electron chi connectivity index (χ2n) is 5.40. The van der Waals surface area contributed by atoms with Crippen LogP contribution in [0, 0.1) is 12.8 Å². The minimum Gasteiger partial charge on any atom is -0.381 e. The molecule has 7 heteroatoms. The van der Waals surface area contributed by atoms with Gasteiger partial charge in [0, 0.05) is 33.9 Å². The fraction of sp³-hybridized carbons (Fsp3) is 0.786. The summed E-state index contributed by atoms with van der Waals surface area (Å²) < 4.78 is 7.49. The fourth-order valence-electron chi connectivity index (χ4n) is 1.69. The maximum atomic E-state index is 5.54. The Bertz CT molecular complexity index is 441. The van der Waals surface area contributed by atoms with E-state index in [9.17, 15) is 0 Å². The molecule has 21 heavy (non-hydrogen) atoms. The van der Waals surface area contributed by atoms with Crippen molar-refractivity contribution in [3.05, 3.63) is 11.6 Å². The second-order valence-corrected chi connectivity index (χ2v) is 5.40. The molecule has 1 rings (SSSR count). The molecule has 0 spiro atoms. The van der Waals surface area contributed by atoms with Crippen molar-refractivity contribution in [2.24, 2.45) is 18.0 Å². The van der Waals surface area contributed by atoms with Gasteiger partial charge in [-0.1, -0.05) is 13.8 Å². The van der Waals surface area contributed by atoms with E-state index in [0.717, 1.165) is 43.8 Å². The smallest absolute Gasteiger partial charge is 0.191 e. The zero-order chi connectivity index (χ0) is 15.7. The van der Waals surface area contributed by atoms with Gasteiger partial charge in [-0.25, -0.2) is 0 Å². The summed E-state index contributed by atoms with van der Waals surface area (Å²) in [6.45, 7) is 9.25. The first-order chi connectivity index (χ1) is 10.0. The van der Waals surface area contributed by atoms with Crippen molar-refractivity contribution in [3.63, 3.8) is 0 Å². The minimum atomic E-state index is 0.585. The Kier molecular flexibility index (Phi) is 7.74. The summed E-state index contributed by atoms with van der Waals surface area (Å²) in [5.41, 5.74) is 0. The first kappa shape index (κ1) is 17.4. The normalized spacial score (nSPS) is 12.0. The maximum Gasteiger partial charge on any atom is 0.191 e. The van der Waals surface area contributed by atoms with Crippen LogP contribution in [0.5, 0.6) is 0 Å². The monoisotopic (exact) mass is 296 g/mol. The number of hydrogen-bond donors (Lipinski definition) is 2. The summed E-state index contributed by atoms with van der Waals surface area (Å²) in [5, 5.41) is 14.6. The highest BCUT2D eigenvalue weighted by Gasteiger charge is 2.05. The predicted molar refractivity (Wildman–Crippen MR) is 84.2 cm³/mol. The minimum absolute atomic E-state index is 0.585. The van der Waals surface area contributed by atoms with Gasteiger partial charge in [-0.2, -0.15) is 0 Å². The van der Waals surface area contributed by atoms with Crippen LogP contribution in [-0.4, -0.2) is 47.5 Å². The molecule has 0 unspecified atom stereocenters. The van der Waals surface area contributed by atoms with E-state index >= 15 is 0 Å². The van der Waals surface area contributed by atoms with E-state index in [4.69, 9.17) is 4.74 Å². The van der Waals surface area contributed by atoms with Crippen LogP contribution in [0.3, 0.4) is 0 Å². The van der Waals surface area contributed by atoms with Crippen molar-refractivity contribution >= 4 is 5.96 Å². The molecule has 0 radical (unpaired) electrons. The number of hydrogen-bond acceptors (Lipinski definition) is 4. The van der Waals surface area contributed by atoms with E-state index in [0.29, 0.717) is 12.5 Å². The summed E-state index contributed by atoms with van der Waals surface area (Å²) in [6, 6.07) is 0. The van der Waals surface area contributed by atoms with Crippen molar-refractivity contribution < 1.29 is 4.74 Å². The molecule has 0 atom stereocenters. The van der Waals surface area contributed by atoms with E-state index in [2.05, 4.69) is 39.7 Å². The van der Waals surface area contributed by atoms with Crippen LogP contribution in [0.1, 0.15) is 31.9 Å². The average Bonchev–Trinajstić information content (AvgIpc) is 2.77. The molecule has 0 aliphatic carbocycles. The van der Waals surface area contributed by atoms with Gasteiger partial charge in [0.25, 0.3) is 0 Å². The van der Waals surface area contributed by atoms with Crippen molar-refractivity contribution in [3.8, 4) is 0 Å². The van der Waals surface area contributed by atoms with Crippen LogP contribution >= 0.6 is 0 Å². The lowest BCUT2D eigenvalue weighted by Gasteiger charge is -2.12. The fourth-order valence-corrected chi connectivity index (χ4v) is 1.69. The third-order valence-electron chi connectivity index (χ3n) is 3.03. The number of nitrogens with one attached hydrogen (secondary N) is 2. The summed E-state index contributed by atoms with van der Waals surface area (Å²) in [6.07, 6.45) is 0.955. The number of rotatable bonds is 8. The highest BCUT2D eigenvalue weighted by molar-refractivity contribution is 5.79. The first-order valence-electron chi connectivity index (χ1n) is 7.41. The molecule has 1 heterocycles. The molecule has 0 saturated carbocycles. The largest absolute Gasteiger partial charge is 0.381 e. The number of nitrogens with zero attached hydrogens (tertiary/aromatic N) is 4. The van der Waals surface area contributed by atoms with Gasteiger partial charge < -0.3 is 19.9 Å². The van der Waals surface area contributed by atoms with Gasteiger partial charge in [0.1, 0.15) is 5.82 Å². The van der Waals surface area contributed by atoms with E-state index < -0.39 is 0 Å². The SMILES string of the molecule is CN=C(NCCCOCC(C)C)NCc1nnc(C)n1C. The highest BCUT2D eigenvalue weighted by Crippen LogP contribution is 1.96. The molecule has 7 nitrogen and oxygen atoms in total. The van der Waals surface area contributed by atoms with Crippen LogP contribution in [0.2, 0.25) is 0 Å². The number of aliphatic imine (C=N–C) groups is 1.